The fraction of sp³-hybridized carbons (Fsp3) is 0.500. The number of hydrogen-bond donors (Lipinski definition) is 1. The summed E-state index contributed by atoms with van der Waals surface area (Å²) in [5.41, 5.74) is 2.35. The van der Waals surface area contributed by atoms with Crippen LogP contribution in [0.3, 0.4) is 0 Å². The summed E-state index contributed by atoms with van der Waals surface area (Å²) in [6.07, 6.45) is 0. The Morgan fingerprint density at radius 3 is 1.74 bits per heavy atom. The first-order valence-electron chi connectivity index (χ1n) is 8.81. The molecule has 23 heavy (non-hydrogen) atoms. The lowest BCUT2D eigenvalue weighted by Gasteiger charge is -2.23. The molecular weight excluding hydrogens is 284 g/mol. The molecule has 126 valence electrons. The van der Waals surface area contributed by atoms with Crippen molar-refractivity contribution in [3.8, 4) is 5.75 Å². The summed E-state index contributed by atoms with van der Waals surface area (Å²) < 4.78 is 0. The minimum absolute atomic E-state index is 0.441. The van der Waals surface area contributed by atoms with E-state index in [0.717, 1.165) is 50.2 Å². The molecule has 0 aliphatic carbocycles. The third-order valence-electron chi connectivity index (χ3n) is 4.76. The fourth-order valence-corrected chi connectivity index (χ4v) is 3.13. The van der Waals surface area contributed by atoms with Crippen molar-refractivity contribution in [1.29, 1.82) is 0 Å². The lowest BCUT2D eigenvalue weighted by molar-refractivity contribution is 0.288. The topological polar surface area (TPSA) is 26.7 Å². The van der Waals surface area contributed by atoms with Gasteiger partial charge in [-0.1, -0.05) is 52.0 Å². The van der Waals surface area contributed by atoms with Crippen LogP contribution in [-0.4, -0.2) is 41.1 Å². The standard InChI is InChI=1S/C20H30N2O/c1-5-21(6-2)14-16-13-17(15-22(7-3)8-4)20(23)19-12-10-9-11-18(16)19/h9-13,23H,5-8,14-15H2,1-4H3. The van der Waals surface area contributed by atoms with Gasteiger partial charge in [0.2, 0.25) is 0 Å². The molecule has 3 nitrogen and oxygen atoms in total. The van der Waals surface area contributed by atoms with Gasteiger partial charge in [-0.15, -0.1) is 0 Å². The Kier molecular flexibility index (Phi) is 6.43. The van der Waals surface area contributed by atoms with Crippen molar-refractivity contribution in [2.45, 2.75) is 40.8 Å². The second-order valence-electron chi connectivity index (χ2n) is 6.01. The van der Waals surface area contributed by atoms with Crippen molar-refractivity contribution in [3.05, 3.63) is 41.5 Å². The van der Waals surface area contributed by atoms with Gasteiger partial charge in [0, 0.05) is 24.0 Å². The van der Waals surface area contributed by atoms with E-state index in [4.69, 9.17) is 0 Å². The van der Waals surface area contributed by atoms with Gasteiger partial charge in [0.05, 0.1) is 0 Å². The Morgan fingerprint density at radius 1 is 0.739 bits per heavy atom. The van der Waals surface area contributed by atoms with Crippen molar-refractivity contribution in [3.63, 3.8) is 0 Å². The van der Waals surface area contributed by atoms with Crippen LogP contribution in [0.25, 0.3) is 10.8 Å². The summed E-state index contributed by atoms with van der Waals surface area (Å²) in [5.74, 6) is 0.441. The van der Waals surface area contributed by atoms with Crippen molar-refractivity contribution < 1.29 is 5.11 Å². The van der Waals surface area contributed by atoms with Crippen LogP contribution in [0.15, 0.2) is 30.3 Å². The van der Waals surface area contributed by atoms with Gasteiger partial charge in [-0.3, -0.25) is 9.80 Å². The number of phenols is 1. The Bertz CT molecular complexity index is 631. The molecule has 0 saturated carbocycles. The molecule has 0 fully saturated rings. The lowest BCUT2D eigenvalue weighted by atomic mass is 9.98. The average Bonchev–Trinajstić information content (AvgIpc) is 2.60. The van der Waals surface area contributed by atoms with Crippen LogP contribution in [0.5, 0.6) is 5.75 Å². The van der Waals surface area contributed by atoms with Gasteiger partial charge in [0.25, 0.3) is 0 Å². The first kappa shape index (κ1) is 17.8. The predicted octanol–water partition coefficient (Wildman–Crippen LogP) is 4.23. The van der Waals surface area contributed by atoms with Gasteiger partial charge in [-0.2, -0.15) is 0 Å². The zero-order chi connectivity index (χ0) is 16.8. The molecule has 0 amide bonds. The Hall–Kier alpha value is -1.58. The van der Waals surface area contributed by atoms with E-state index in [-0.39, 0.29) is 0 Å². The number of rotatable bonds is 8. The van der Waals surface area contributed by atoms with Crippen LogP contribution in [0.1, 0.15) is 38.8 Å². The van der Waals surface area contributed by atoms with E-state index in [1.807, 2.05) is 12.1 Å². The van der Waals surface area contributed by atoms with E-state index in [0.29, 0.717) is 5.75 Å². The molecule has 0 bridgehead atoms. The third kappa shape index (κ3) is 4.04. The Balaban J connectivity index is 2.49. The summed E-state index contributed by atoms with van der Waals surface area (Å²) >= 11 is 0. The molecule has 0 spiro atoms. The molecule has 0 aromatic heterocycles. The first-order chi connectivity index (χ1) is 11.1. The average molecular weight is 314 g/mol. The number of phenolic OH excluding ortho intramolecular Hbond substituents is 1. The fourth-order valence-electron chi connectivity index (χ4n) is 3.13. The van der Waals surface area contributed by atoms with Gasteiger partial charge in [0.1, 0.15) is 5.75 Å². The van der Waals surface area contributed by atoms with Gasteiger partial charge in [0.15, 0.2) is 0 Å². The highest BCUT2D eigenvalue weighted by Crippen LogP contribution is 2.33. The minimum Gasteiger partial charge on any atom is -0.507 e. The molecule has 0 heterocycles. The maximum Gasteiger partial charge on any atom is 0.127 e. The molecule has 2 aromatic rings. The Labute approximate surface area is 140 Å². The molecule has 0 aliphatic rings. The summed E-state index contributed by atoms with van der Waals surface area (Å²) in [4.78, 5) is 4.75. The largest absolute Gasteiger partial charge is 0.507 e. The molecule has 2 rings (SSSR count). The summed E-state index contributed by atoms with van der Waals surface area (Å²) in [5, 5.41) is 12.9. The van der Waals surface area contributed by atoms with Crippen LogP contribution in [0.2, 0.25) is 0 Å². The van der Waals surface area contributed by atoms with E-state index < -0.39 is 0 Å². The zero-order valence-corrected chi connectivity index (χ0v) is 15.0. The van der Waals surface area contributed by atoms with Crippen LogP contribution < -0.4 is 0 Å². The highest BCUT2D eigenvalue weighted by molar-refractivity contribution is 5.92. The highest BCUT2D eigenvalue weighted by Gasteiger charge is 2.14. The van der Waals surface area contributed by atoms with Gasteiger partial charge in [-0.05, 0) is 43.2 Å². The van der Waals surface area contributed by atoms with Gasteiger partial charge >= 0.3 is 0 Å². The van der Waals surface area contributed by atoms with Gasteiger partial charge < -0.3 is 5.11 Å². The van der Waals surface area contributed by atoms with E-state index in [2.05, 4.69) is 55.7 Å². The third-order valence-corrected chi connectivity index (χ3v) is 4.76. The number of hydrogen-bond acceptors (Lipinski definition) is 3. The molecule has 3 heteroatoms. The highest BCUT2D eigenvalue weighted by atomic mass is 16.3. The maximum absolute atomic E-state index is 10.7. The normalized spacial score (nSPS) is 11.7. The molecular formula is C20H30N2O. The van der Waals surface area contributed by atoms with Crippen LogP contribution >= 0.6 is 0 Å². The molecule has 0 saturated heterocycles. The molecule has 0 unspecified atom stereocenters. The number of fused-ring (bicyclic) bond motifs is 1. The van der Waals surface area contributed by atoms with Crippen molar-refractivity contribution in [2.24, 2.45) is 0 Å². The molecule has 0 radical (unpaired) electrons. The van der Waals surface area contributed by atoms with Crippen LogP contribution in [0, 0.1) is 0 Å². The number of aromatic hydroxyl groups is 1. The summed E-state index contributed by atoms with van der Waals surface area (Å²) in [7, 11) is 0. The van der Waals surface area contributed by atoms with E-state index >= 15 is 0 Å². The number of nitrogens with zero attached hydrogens (tertiary/aromatic N) is 2. The predicted molar refractivity (Wildman–Crippen MR) is 98.9 cm³/mol. The molecule has 1 N–H and O–H groups in total. The van der Waals surface area contributed by atoms with Gasteiger partial charge in [-0.25, -0.2) is 0 Å². The summed E-state index contributed by atoms with van der Waals surface area (Å²) in [6.45, 7) is 14.5. The van der Waals surface area contributed by atoms with E-state index in [1.165, 1.54) is 10.9 Å². The number of benzene rings is 2. The maximum atomic E-state index is 10.7. The van der Waals surface area contributed by atoms with Crippen molar-refractivity contribution in [2.75, 3.05) is 26.2 Å². The van der Waals surface area contributed by atoms with E-state index in [9.17, 15) is 5.11 Å². The van der Waals surface area contributed by atoms with Crippen LogP contribution in [0.4, 0.5) is 0 Å². The SMILES string of the molecule is CCN(CC)Cc1cc(CN(CC)CC)c2ccccc2c1O. The molecule has 0 aliphatic heterocycles. The Morgan fingerprint density at radius 2 is 1.22 bits per heavy atom. The van der Waals surface area contributed by atoms with Crippen molar-refractivity contribution in [1.82, 2.24) is 9.80 Å². The van der Waals surface area contributed by atoms with E-state index in [1.54, 1.807) is 0 Å². The summed E-state index contributed by atoms with van der Waals surface area (Å²) in [6, 6.07) is 10.4. The smallest absolute Gasteiger partial charge is 0.127 e. The minimum atomic E-state index is 0.441. The second-order valence-corrected chi connectivity index (χ2v) is 6.01. The monoisotopic (exact) mass is 314 g/mol. The zero-order valence-electron chi connectivity index (χ0n) is 15.0. The quantitative estimate of drug-likeness (QED) is 0.790. The second kappa shape index (κ2) is 8.32. The molecule has 0 atom stereocenters. The molecule has 2 aromatic carbocycles. The first-order valence-corrected chi connectivity index (χ1v) is 8.81. The lowest BCUT2D eigenvalue weighted by Crippen LogP contribution is -2.24. The van der Waals surface area contributed by atoms with Crippen molar-refractivity contribution >= 4 is 10.8 Å². The van der Waals surface area contributed by atoms with Crippen LogP contribution in [-0.2, 0) is 13.1 Å².